The number of hydrogen-bond acceptors (Lipinski definition) is 3. The fraction of sp³-hybridized carbons (Fsp3) is 0.125. The number of rotatable bonds is 2. The van der Waals surface area contributed by atoms with Crippen LogP contribution in [0.4, 0.5) is 0 Å². The highest BCUT2D eigenvalue weighted by Gasteiger charge is 1.95. The lowest BCUT2D eigenvalue weighted by Crippen LogP contribution is -1.80. The monoisotopic (exact) mass is 148 g/mol. The summed E-state index contributed by atoms with van der Waals surface area (Å²) in [5.74, 6) is 0.214. The Morgan fingerprint density at radius 3 is 2.82 bits per heavy atom. The molecule has 2 N–H and O–H groups in total. The summed E-state index contributed by atoms with van der Waals surface area (Å²) in [5.41, 5.74) is 0.715. The molecule has 0 aliphatic carbocycles. The normalized spacial score (nSPS) is 8.73. The third-order valence-electron chi connectivity index (χ3n) is 1.32. The Labute approximate surface area is 64.5 Å². The molecule has 0 amide bonds. The Bertz CT molecular complexity index is 290. The second-order valence-electron chi connectivity index (χ2n) is 2.06. The van der Waals surface area contributed by atoms with Gasteiger partial charge < -0.3 is 5.11 Å². The molecule has 1 rings (SSSR count). The molecule has 0 unspecified atom stereocenters. The van der Waals surface area contributed by atoms with Crippen LogP contribution < -0.4 is 0 Å². The number of nitrogens with zero attached hydrogens (tertiary/aromatic N) is 1. The van der Waals surface area contributed by atoms with E-state index in [9.17, 15) is 5.11 Å². The van der Waals surface area contributed by atoms with Crippen molar-refractivity contribution in [3.63, 3.8) is 0 Å². The molecule has 3 heteroatoms. The van der Waals surface area contributed by atoms with Crippen LogP contribution in [0, 0.1) is 5.41 Å². The van der Waals surface area contributed by atoms with Crippen LogP contribution in [0.2, 0.25) is 0 Å². The first-order valence-corrected chi connectivity index (χ1v) is 3.19. The highest BCUT2D eigenvalue weighted by atomic mass is 16.3. The van der Waals surface area contributed by atoms with Crippen LogP contribution in [0.5, 0.6) is 5.75 Å². The number of phenols is 1. The quantitative estimate of drug-likeness (QED) is 0.615. The van der Waals surface area contributed by atoms with Crippen molar-refractivity contribution in [1.29, 1.82) is 5.41 Å². The van der Waals surface area contributed by atoms with E-state index in [4.69, 9.17) is 5.41 Å². The number of aliphatic imine (C=N–C) groups is 1. The van der Waals surface area contributed by atoms with Crippen LogP contribution in [0.25, 0.3) is 0 Å². The van der Waals surface area contributed by atoms with Gasteiger partial charge in [-0.2, -0.15) is 0 Å². The summed E-state index contributed by atoms with van der Waals surface area (Å²) in [6.45, 7) is 0.316. The third-order valence-corrected chi connectivity index (χ3v) is 1.32. The predicted molar refractivity (Wildman–Crippen MR) is 42.0 cm³/mol. The number of aromatic hydroxyl groups is 1. The van der Waals surface area contributed by atoms with Gasteiger partial charge in [0.1, 0.15) is 5.75 Å². The predicted octanol–water partition coefficient (Wildman–Crippen LogP) is 1.64. The van der Waals surface area contributed by atoms with Gasteiger partial charge in [-0.1, -0.05) is 18.2 Å². The van der Waals surface area contributed by atoms with Crippen molar-refractivity contribution in [2.24, 2.45) is 4.99 Å². The summed E-state index contributed by atoms with van der Waals surface area (Å²) in [7, 11) is 0. The first-order valence-electron chi connectivity index (χ1n) is 3.19. The van der Waals surface area contributed by atoms with Crippen molar-refractivity contribution in [2.45, 2.75) is 6.54 Å². The Balaban J connectivity index is 2.85. The van der Waals surface area contributed by atoms with E-state index in [-0.39, 0.29) is 5.75 Å². The molecule has 0 fully saturated rings. The molecule has 3 nitrogen and oxygen atoms in total. The van der Waals surface area contributed by atoms with Crippen molar-refractivity contribution >= 4 is 6.01 Å². The standard InChI is InChI=1S/C8H8N2O/c9-6-10-5-7-3-1-2-4-8(7)11/h1-4,9,11H,5H2. The van der Waals surface area contributed by atoms with Gasteiger partial charge in [-0.25, -0.2) is 10.4 Å². The van der Waals surface area contributed by atoms with Crippen molar-refractivity contribution in [3.8, 4) is 5.75 Å². The lowest BCUT2D eigenvalue weighted by Gasteiger charge is -1.97. The van der Waals surface area contributed by atoms with Crippen molar-refractivity contribution in [1.82, 2.24) is 0 Å². The summed E-state index contributed by atoms with van der Waals surface area (Å²) < 4.78 is 0. The number of benzene rings is 1. The molecular weight excluding hydrogens is 140 g/mol. The minimum absolute atomic E-state index is 0.214. The van der Waals surface area contributed by atoms with E-state index >= 15 is 0 Å². The van der Waals surface area contributed by atoms with Crippen LogP contribution in [0.3, 0.4) is 0 Å². The van der Waals surface area contributed by atoms with Gasteiger partial charge in [0.05, 0.1) is 12.6 Å². The topological polar surface area (TPSA) is 56.4 Å². The molecule has 1 aromatic rings. The average Bonchev–Trinajstić information content (AvgIpc) is 2.03. The maximum absolute atomic E-state index is 9.19. The van der Waals surface area contributed by atoms with Gasteiger partial charge in [0.15, 0.2) is 0 Å². The van der Waals surface area contributed by atoms with Gasteiger partial charge in [-0.15, -0.1) is 0 Å². The Kier molecular flexibility index (Phi) is 2.42. The first-order chi connectivity index (χ1) is 5.34. The molecule has 0 radical (unpaired) electrons. The first kappa shape index (κ1) is 7.51. The Morgan fingerprint density at radius 2 is 2.18 bits per heavy atom. The summed E-state index contributed by atoms with van der Waals surface area (Å²) >= 11 is 0. The van der Waals surface area contributed by atoms with Gasteiger partial charge in [-0.05, 0) is 6.07 Å². The number of para-hydroxylation sites is 1. The summed E-state index contributed by atoms with van der Waals surface area (Å²) in [5, 5.41) is 15.7. The van der Waals surface area contributed by atoms with Crippen molar-refractivity contribution < 1.29 is 5.11 Å². The van der Waals surface area contributed by atoms with E-state index in [0.29, 0.717) is 12.1 Å². The molecule has 0 heterocycles. The maximum atomic E-state index is 9.19. The summed E-state index contributed by atoms with van der Waals surface area (Å²) in [6.07, 6.45) is 0. The van der Waals surface area contributed by atoms with Crippen molar-refractivity contribution in [3.05, 3.63) is 29.8 Å². The molecule has 1 aromatic carbocycles. The zero-order chi connectivity index (χ0) is 8.10. The second-order valence-corrected chi connectivity index (χ2v) is 2.06. The van der Waals surface area contributed by atoms with Crippen LogP contribution >= 0.6 is 0 Å². The molecule has 56 valence electrons. The van der Waals surface area contributed by atoms with Crippen LogP contribution in [-0.4, -0.2) is 11.1 Å². The zero-order valence-electron chi connectivity index (χ0n) is 5.91. The van der Waals surface area contributed by atoms with Crippen LogP contribution in [-0.2, 0) is 6.54 Å². The van der Waals surface area contributed by atoms with Crippen LogP contribution in [0.15, 0.2) is 29.3 Å². The fourth-order valence-corrected chi connectivity index (χ4v) is 0.769. The molecule has 0 saturated carbocycles. The van der Waals surface area contributed by atoms with Gasteiger partial charge in [-0.3, -0.25) is 0 Å². The van der Waals surface area contributed by atoms with Gasteiger partial charge in [0, 0.05) is 5.56 Å². The van der Waals surface area contributed by atoms with Gasteiger partial charge in [0.25, 0.3) is 0 Å². The average molecular weight is 148 g/mol. The molecular formula is C8H8N2O. The summed E-state index contributed by atoms with van der Waals surface area (Å²) in [4.78, 5) is 3.56. The lowest BCUT2D eigenvalue weighted by molar-refractivity contribution is 0.468. The highest BCUT2D eigenvalue weighted by Crippen LogP contribution is 2.15. The lowest BCUT2D eigenvalue weighted by atomic mass is 10.2. The number of hydrogen-bond donors (Lipinski definition) is 2. The highest BCUT2D eigenvalue weighted by molar-refractivity contribution is 5.38. The number of nitrogens with one attached hydrogen (secondary N) is 1. The van der Waals surface area contributed by atoms with E-state index in [2.05, 4.69) is 4.99 Å². The second kappa shape index (κ2) is 3.54. The van der Waals surface area contributed by atoms with E-state index in [1.807, 2.05) is 12.1 Å². The fourth-order valence-electron chi connectivity index (χ4n) is 0.769. The molecule has 0 aromatic heterocycles. The number of phenolic OH excluding ortho intramolecular Hbond substituents is 1. The summed E-state index contributed by atoms with van der Waals surface area (Å²) in [6, 6.07) is 8.82. The SMILES string of the molecule is N=C=NCc1ccccc1O. The van der Waals surface area contributed by atoms with E-state index in [1.165, 1.54) is 0 Å². The molecule has 0 bridgehead atoms. The zero-order valence-corrected chi connectivity index (χ0v) is 5.91. The maximum Gasteiger partial charge on any atom is 0.120 e. The molecule has 0 spiro atoms. The molecule has 0 aliphatic rings. The molecule has 11 heavy (non-hydrogen) atoms. The Morgan fingerprint density at radius 1 is 1.45 bits per heavy atom. The third kappa shape index (κ3) is 1.92. The van der Waals surface area contributed by atoms with Crippen molar-refractivity contribution in [2.75, 3.05) is 0 Å². The largest absolute Gasteiger partial charge is 0.508 e. The van der Waals surface area contributed by atoms with E-state index in [0.717, 1.165) is 0 Å². The minimum atomic E-state index is 0.214. The Hall–Kier alpha value is -1.60. The smallest absolute Gasteiger partial charge is 0.120 e. The van der Waals surface area contributed by atoms with E-state index in [1.54, 1.807) is 18.2 Å². The minimum Gasteiger partial charge on any atom is -0.508 e. The van der Waals surface area contributed by atoms with Gasteiger partial charge >= 0.3 is 0 Å². The molecule has 0 saturated heterocycles. The molecule has 0 aliphatic heterocycles. The van der Waals surface area contributed by atoms with E-state index < -0.39 is 0 Å². The molecule has 0 atom stereocenters. The van der Waals surface area contributed by atoms with Gasteiger partial charge in [0.2, 0.25) is 0 Å². The van der Waals surface area contributed by atoms with Crippen LogP contribution in [0.1, 0.15) is 5.56 Å².